The van der Waals surface area contributed by atoms with Gasteiger partial charge in [-0.25, -0.2) is 4.79 Å². The van der Waals surface area contributed by atoms with Crippen LogP contribution < -0.4 is 0 Å². The first-order valence-corrected chi connectivity index (χ1v) is 7.30. The van der Waals surface area contributed by atoms with Gasteiger partial charge in [-0.1, -0.05) is 13.8 Å². The van der Waals surface area contributed by atoms with Crippen LogP contribution in [0.5, 0.6) is 0 Å². The highest BCUT2D eigenvalue weighted by Crippen LogP contribution is 2.59. The van der Waals surface area contributed by atoms with E-state index in [0.29, 0.717) is 11.1 Å². The summed E-state index contributed by atoms with van der Waals surface area (Å²) in [6.07, 6.45) is 1.94. The Hall–Kier alpha value is -2.79. The van der Waals surface area contributed by atoms with Crippen LogP contribution in [0, 0.1) is 28.1 Å². The van der Waals surface area contributed by atoms with Crippen molar-refractivity contribution in [2.75, 3.05) is 0 Å². The molecule has 0 saturated carbocycles. The van der Waals surface area contributed by atoms with E-state index in [4.69, 9.17) is 9.47 Å². The van der Waals surface area contributed by atoms with E-state index in [1.165, 1.54) is 0 Å². The summed E-state index contributed by atoms with van der Waals surface area (Å²) in [5.74, 6) is 0.319. The zero-order chi connectivity index (χ0) is 17.2. The molecule has 3 rings (SSSR count). The largest absolute Gasteiger partial charge is 0.487 e. The Morgan fingerprint density at radius 1 is 1.17 bits per heavy atom. The highest BCUT2D eigenvalue weighted by atomic mass is 16.5. The maximum Gasteiger partial charge on any atom is 0.344 e. The number of carbonyl (C=O) groups excluding carboxylic acids is 1. The lowest BCUT2D eigenvalue weighted by Gasteiger charge is -2.46. The molecule has 0 spiro atoms. The normalized spacial score (nSPS) is 27.5. The summed E-state index contributed by atoms with van der Waals surface area (Å²) in [6, 6.07) is 3.64. The maximum absolute atomic E-state index is 12.4. The third-order valence-electron chi connectivity index (χ3n) is 5.15. The van der Waals surface area contributed by atoms with Crippen molar-refractivity contribution in [3.63, 3.8) is 0 Å². The van der Waals surface area contributed by atoms with Crippen LogP contribution in [0.25, 0.3) is 0 Å². The molecular weight excluding hydrogens is 292 g/mol. The van der Waals surface area contributed by atoms with Crippen molar-refractivity contribution in [1.82, 2.24) is 0 Å². The lowest BCUT2D eigenvalue weighted by Crippen LogP contribution is -2.47. The summed E-state index contributed by atoms with van der Waals surface area (Å²) in [4.78, 5) is 12.4. The molecule has 0 radical (unpaired) electrons. The first-order chi connectivity index (χ1) is 10.7. The molecule has 5 nitrogen and oxygen atoms in total. The summed E-state index contributed by atoms with van der Waals surface area (Å²) >= 11 is 0. The van der Waals surface area contributed by atoms with E-state index in [1.807, 2.05) is 52.8 Å². The number of cyclic esters (lactones) is 1. The molecule has 116 valence electrons. The topological polar surface area (TPSA) is 83.1 Å². The molecule has 0 aromatic heterocycles. The molecule has 1 aliphatic carbocycles. The molecule has 0 N–H and O–H groups in total. The molecule has 5 heteroatoms. The fourth-order valence-electron chi connectivity index (χ4n) is 3.70. The van der Waals surface area contributed by atoms with Gasteiger partial charge in [0.15, 0.2) is 11.3 Å². The van der Waals surface area contributed by atoms with Gasteiger partial charge in [0.05, 0.1) is 11.3 Å². The Balaban J connectivity index is 2.41. The SMILES string of the molecule is CC1=CC2=C(C)C3=C(C(=C(C#N)C#N)OC3=O)C(C)(C)[C@]2(C)O1. The van der Waals surface area contributed by atoms with Crippen LogP contribution >= 0.6 is 0 Å². The molecule has 0 unspecified atom stereocenters. The van der Waals surface area contributed by atoms with E-state index in [-0.39, 0.29) is 11.3 Å². The molecular formula is C18H16N2O3. The van der Waals surface area contributed by atoms with Crippen molar-refractivity contribution in [3.8, 4) is 12.1 Å². The van der Waals surface area contributed by atoms with Crippen molar-refractivity contribution in [3.05, 3.63) is 45.5 Å². The smallest absolute Gasteiger partial charge is 0.344 e. The minimum atomic E-state index is -0.685. The minimum absolute atomic E-state index is 0.0628. The molecule has 0 aromatic rings. The van der Waals surface area contributed by atoms with E-state index in [1.54, 1.807) is 0 Å². The first kappa shape index (κ1) is 15.1. The molecule has 23 heavy (non-hydrogen) atoms. The molecule has 0 aromatic carbocycles. The van der Waals surface area contributed by atoms with E-state index in [2.05, 4.69) is 0 Å². The van der Waals surface area contributed by atoms with Crippen molar-refractivity contribution < 1.29 is 14.3 Å². The van der Waals surface area contributed by atoms with E-state index < -0.39 is 17.0 Å². The predicted octanol–water partition coefficient (Wildman–Crippen LogP) is 3.19. The lowest BCUT2D eigenvalue weighted by atomic mass is 9.61. The summed E-state index contributed by atoms with van der Waals surface area (Å²) in [7, 11) is 0. The van der Waals surface area contributed by atoms with Gasteiger partial charge in [0.25, 0.3) is 0 Å². The molecule has 1 atom stereocenters. The second-order valence-electron chi connectivity index (χ2n) is 6.62. The Kier molecular flexibility index (Phi) is 2.87. The lowest BCUT2D eigenvalue weighted by molar-refractivity contribution is -0.133. The number of nitriles is 2. The monoisotopic (exact) mass is 308 g/mol. The van der Waals surface area contributed by atoms with Crippen LogP contribution in [0.1, 0.15) is 34.6 Å². The average Bonchev–Trinajstić information content (AvgIpc) is 2.97. The van der Waals surface area contributed by atoms with Gasteiger partial charge < -0.3 is 9.47 Å². The van der Waals surface area contributed by atoms with E-state index >= 15 is 0 Å². The van der Waals surface area contributed by atoms with Crippen LogP contribution in [0.2, 0.25) is 0 Å². The summed E-state index contributed by atoms with van der Waals surface area (Å²) in [5, 5.41) is 18.4. The Labute approximate surface area is 134 Å². The molecule has 3 aliphatic rings. The number of ether oxygens (including phenoxy) is 2. The zero-order valence-corrected chi connectivity index (χ0v) is 13.7. The second kappa shape index (κ2) is 4.36. The number of carbonyl (C=O) groups is 1. The molecule has 0 bridgehead atoms. The standard InChI is InChI=1S/C18H16N2O3/c1-9-6-12-10(2)13-14(17(3,4)18(12,5)23-9)15(22-16(13)21)11(7-19)8-20/h6H,1-5H3/t18-/m1/s1. The summed E-state index contributed by atoms with van der Waals surface area (Å²) in [6.45, 7) is 9.56. The number of hydrogen-bond donors (Lipinski definition) is 0. The second-order valence-corrected chi connectivity index (χ2v) is 6.62. The minimum Gasteiger partial charge on any atom is -0.487 e. The van der Waals surface area contributed by atoms with Gasteiger partial charge in [-0.2, -0.15) is 10.5 Å². The quantitative estimate of drug-likeness (QED) is 0.507. The first-order valence-electron chi connectivity index (χ1n) is 7.30. The number of hydrogen-bond acceptors (Lipinski definition) is 5. The van der Waals surface area contributed by atoms with Gasteiger partial charge in [0, 0.05) is 16.6 Å². The van der Waals surface area contributed by atoms with Gasteiger partial charge in [0.1, 0.15) is 17.7 Å². The molecule has 2 aliphatic heterocycles. The average molecular weight is 308 g/mol. The van der Waals surface area contributed by atoms with Crippen LogP contribution in [-0.4, -0.2) is 11.6 Å². The van der Waals surface area contributed by atoms with Crippen molar-refractivity contribution >= 4 is 5.97 Å². The highest BCUT2D eigenvalue weighted by molar-refractivity contribution is 6.01. The van der Waals surface area contributed by atoms with Crippen molar-refractivity contribution in [2.24, 2.45) is 5.41 Å². The Bertz CT molecular complexity index is 853. The zero-order valence-electron chi connectivity index (χ0n) is 13.7. The highest BCUT2D eigenvalue weighted by Gasteiger charge is 2.59. The number of esters is 1. The Morgan fingerprint density at radius 2 is 1.78 bits per heavy atom. The van der Waals surface area contributed by atoms with Crippen LogP contribution in [0.15, 0.2) is 45.5 Å². The van der Waals surface area contributed by atoms with Gasteiger partial charge in [-0.05, 0) is 32.4 Å². The number of allylic oxidation sites excluding steroid dienone is 3. The summed E-state index contributed by atoms with van der Waals surface area (Å²) < 4.78 is 11.4. The van der Waals surface area contributed by atoms with Crippen LogP contribution in [0.3, 0.4) is 0 Å². The molecule has 0 amide bonds. The van der Waals surface area contributed by atoms with Gasteiger partial charge >= 0.3 is 5.97 Å². The molecule has 0 fully saturated rings. The van der Waals surface area contributed by atoms with Gasteiger partial charge in [-0.3, -0.25) is 0 Å². The fourth-order valence-corrected chi connectivity index (χ4v) is 3.70. The third-order valence-corrected chi connectivity index (χ3v) is 5.15. The number of rotatable bonds is 0. The Morgan fingerprint density at radius 3 is 2.35 bits per heavy atom. The van der Waals surface area contributed by atoms with Gasteiger partial charge in [-0.15, -0.1) is 0 Å². The van der Waals surface area contributed by atoms with Crippen molar-refractivity contribution in [2.45, 2.75) is 40.2 Å². The van der Waals surface area contributed by atoms with Crippen molar-refractivity contribution in [1.29, 1.82) is 10.5 Å². The van der Waals surface area contributed by atoms with Crippen LogP contribution in [0.4, 0.5) is 0 Å². The van der Waals surface area contributed by atoms with E-state index in [0.717, 1.165) is 16.9 Å². The molecule has 2 heterocycles. The van der Waals surface area contributed by atoms with E-state index in [9.17, 15) is 15.3 Å². The third kappa shape index (κ3) is 1.62. The fraction of sp³-hybridized carbons (Fsp3) is 0.389. The van der Waals surface area contributed by atoms with Crippen LogP contribution in [-0.2, 0) is 14.3 Å². The predicted molar refractivity (Wildman–Crippen MR) is 81.1 cm³/mol. The van der Waals surface area contributed by atoms with Gasteiger partial charge in [0.2, 0.25) is 0 Å². The number of fused-ring (bicyclic) bond motifs is 1. The maximum atomic E-state index is 12.4. The number of nitrogens with zero attached hydrogens (tertiary/aromatic N) is 2. The molecule has 0 saturated heterocycles. The summed E-state index contributed by atoms with van der Waals surface area (Å²) in [5.41, 5.74) is 1.20.